The van der Waals surface area contributed by atoms with Gasteiger partial charge < -0.3 is 5.73 Å². The van der Waals surface area contributed by atoms with Crippen LogP contribution in [0.4, 0.5) is 0 Å². The number of hydrogen-bond acceptors (Lipinski definition) is 3. The predicted molar refractivity (Wildman–Crippen MR) is 73.6 cm³/mol. The van der Waals surface area contributed by atoms with Gasteiger partial charge in [-0.15, -0.1) is 0 Å². The van der Waals surface area contributed by atoms with Crippen LogP contribution in [0.25, 0.3) is 0 Å². The van der Waals surface area contributed by atoms with Gasteiger partial charge in [0.1, 0.15) is 0 Å². The van der Waals surface area contributed by atoms with Crippen LogP contribution >= 0.6 is 0 Å². The van der Waals surface area contributed by atoms with Crippen molar-refractivity contribution in [1.29, 1.82) is 0 Å². The Kier molecular flexibility index (Phi) is 3.32. The van der Waals surface area contributed by atoms with Crippen molar-refractivity contribution in [3.05, 3.63) is 0 Å². The molecule has 0 radical (unpaired) electrons. The molecule has 0 aliphatic heterocycles. The van der Waals surface area contributed by atoms with Crippen LogP contribution in [0.2, 0.25) is 0 Å². The molecule has 4 nitrogen and oxygen atoms in total. The second kappa shape index (κ2) is 4.18. The van der Waals surface area contributed by atoms with Crippen LogP contribution in [0, 0.1) is 10.8 Å². The quantitative estimate of drug-likeness (QED) is 0.821. The van der Waals surface area contributed by atoms with Crippen molar-refractivity contribution in [2.45, 2.75) is 70.7 Å². The van der Waals surface area contributed by atoms with Gasteiger partial charge in [-0.3, -0.25) is 0 Å². The summed E-state index contributed by atoms with van der Waals surface area (Å²) >= 11 is 0. The number of sulfonamides is 1. The van der Waals surface area contributed by atoms with E-state index in [1.165, 1.54) is 0 Å². The normalized spacial score (nSPS) is 35.4. The molecule has 0 aromatic carbocycles. The first-order chi connectivity index (χ1) is 8.10. The zero-order valence-corrected chi connectivity index (χ0v) is 12.7. The molecule has 2 saturated carbocycles. The Morgan fingerprint density at radius 2 is 1.50 bits per heavy atom. The average molecular weight is 274 g/mol. The second-order valence-electron chi connectivity index (χ2n) is 7.12. The second-order valence-corrected chi connectivity index (χ2v) is 9.12. The lowest BCUT2D eigenvalue weighted by Gasteiger charge is -2.62. The minimum Gasteiger partial charge on any atom is -0.327 e. The Labute approximate surface area is 111 Å². The van der Waals surface area contributed by atoms with E-state index >= 15 is 0 Å². The Morgan fingerprint density at radius 1 is 1.06 bits per heavy atom. The first kappa shape index (κ1) is 14.3. The summed E-state index contributed by atoms with van der Waals surface area (Å²) in [7, 11) is -3.19. The molecule has 0 aromatic rings. The number of rotatable bonds is 3. The topological polar surface area (TPSA) is 72.2 Å². The van der Waals surface area contributed by atoms with Crippen LogP contribution in [0.5, 0.6) is 0 Å². The number of nitrogens with two attached hydrogens (primary N) is 1. The molecular weight excluding hydrogens is 248 g/mol. The van der Waals surface area contributed by atoms with Crippen LogP contribution in [-0.2, 0) is 10.0 Å². The highest BCUT2D eigenvalue weighted by Crippen LogP contribution is 2.53. The van der Waals surface area contributed by atoms with Gasteiger partial charge in [0.15, 0.2) is 0 Å². The largest absolute Gasteiger partial charge is 0.327 e. The lowest BCUT2D eigenvalue weighted by molar-refractivity contribution is -0.0594. The molecule has 3 N–H and O–H groups in total. The van der Waals surface area contributed by atoms with Gasteiger partial charge in [0.2, 0.25) is 10.0 Å². The molecule has 0 saturated heterocycles. The Bertz CT molecular complexity index is 406. The Hall–Kier alpha value is -0.130. The summed E-state index contributed by atoms with van der Waals surface area (Å²) in [6, 6.07) is -0.0353. The molecule has 5 heteroatoms. The van der Waals surface area contributed by atoms with E-state index in [0.717, 1.165) is 25.7 Å². The summed E-state index contributed by atoms with van der Waals surface area (Å²) in [5.74, 6) is 0. The van der Waals surface area contributed by atoms with E-state index in [-0.39, 0.29) is 28.2 Å². The fourth-order valence-electron chi connectivity index (χ4n) is 3.94. The van der Waals surface area contributed by atoms with Crippen molar-refractivity contribution in [2.75, 3.05) is 0 Å². The molecule has 2 aliphatic rings. The number of nitrogens with one attached hydrogen (secondary N) is 1. The van der Waals surface area contributed by atoms with Gasteiger partial charge in [-0.1, -0.05) is 40.5 Å². The van der Waals surface area contributed by atoms with Crippen molar-refractivity contribution in [3.8, 4) is 0 Å². The van der Waals surface area contributed by atoms with Gasteiger partial charge in [0, 0.05) is 12.1 Å². The van der Waals surface area contributed by atoms with E-state index in [4.69, 9.17) is 5.73 Å². The number of hydrogen-bond donors (Lipinski definition) is 2. The SMILES string of the molecule is CC1(C)C(N)C(C)(C)C1NS(=O)(=O)C1CCCC1. The molecule has 18 heavy (non-hydrogen) atoms. The Morgan fingerprint density at radius 3 is 1.94 bits per heavy atom. The maximum absolute atomic E-state index is 12.4. The van der Waals surface area contributed by atoms with Crippen LogP contribution in [0.15, 0.2) is 0 Å². The monoisotopic (exact) mass is 274 g/mol. The average Bonchev–Trinajstić information content (AvgIpc) is 2.78. The zero-order valence-electron chi connectivity index (χ0n) is 11.9. The van der Waals surface area contributed by atoms with Gasteiger partial charge in [-0.25, -0.2) is 13.1 Å². The van der Waals surface area contributed by atoms with E-state index in [1.54, 1.807) is 0 Å². The van der Waals surface area contributed by atoms with Gasteiger partial charge in [-0.05, 0) is 23.7 Å². The molecule has 2 fully saturated rings. The fraction of sp³-hybridized carbons (Fsp3) is 1.00. The summed E-state index contributed by atoms with van der Waals surface area (Å²) in [6.45, 7) is 8.19. The molecule has 0 amide bonds. The standard InChI is InChI=1S/C13H26N2O2S/c1-12(2)10(14)13(3,4)11(12)15-18(16,17)9-7-5-6-8-9/h9-11,15H,5-8,14H2,1-4H3. The van der Waals surface area contributed by atoms with E-state index in [0.29, 0.717) is 0 Å². The van der Waals surface area contributed by atoms with Gasteiger partial charge >= 0.3 is 0 Å². The molecular formula is C13H26N2O2S. The highest BCUT2D eigenvalue weighted by Gasteiger charge is 2.61. The van der Waals surface area contributed by atoms with Crippen LogP contribution < -0.4 is 10.5 Å². The van der Waals surface area contributed by atoms with E-state index in [1.807, 2.05) is 27.7 Å². The minimum absolute atomic E-state index is 0.0290. The van der Waals surface area contributed by atoms with E-state index in [9.17, 15) is 8.42 Å². The summed E-state index contributed by atoms with van der Waals surface area (Å²) in [6.07, 6.45) is 3.66. The summed E-state index contributed by atoms with van der Waals surface area (Å²) in [4.78, 5) is 0. The Balaban J connectivity index is 2.14. The van der Waals surface area contributed by atoms with Crippen LogP contribution in [-0.4, -0.2) is 25.8 Å². The maximum atomic E-state index is 12.4. The zero-order chi connectivity index (χ0) is 13.8. The molecule has 0 spiro atoms. The van der Waals surface area contributed by atoms with Gasteiger partial charge in [-0.2, -0.15) is 0 Å². The molecule has 2 rings (SSSR count). The highest BCUT2D eigenvalue weighted by atomic mass is 32.2. The third-order valence-electron chi connectivity index (χ3n) is 5.11. The highest BCUT2D eigenvalue weighted by molar-refractivity contribution is 7.90. The lowest BCUT2D eigenvalue weighted by Crippen LogP contribution is -2.76. The van der Waals surface area contributed by atoms with Gasteiger partial charge in [0.05, 0.1) is 5.25 Å². The van der Waals surface area contributed by atoms with E-state index < -0.39 is 10.0 Å². The molecule has 106 valence electrons. The molecule has 2 aliphatic carbocycles. The van der Waals surface area contributed by atoms with Crippen molar-refractivity contribution < 1.29 is 8.42 Å². The smallest absolute Gasteiger partial charge is 0.214 e. The summed E-state index contributed by atoms with van der Waals surface area (Å²) in [5, 5.41) is -0.194. The first-order valence-corrected chi connectivity index (χ1v) is 8.41. The predicted octanol–water partition coefficient (Wildman–Crippen LogP) is 1.61. The molecule has 0 heterocycles. The third-order valence-corrected chi connectivity index (χ3v) is 7.03. The summed E-state index contributed by atoms with van der Waals surface area (Å²) < 4.78 is 27.7. The molecule has 0 atom stereocenters. The van der Waals surface area contributed by atoms with Crippen molar-refractivity contribution in [1.82, 2.24) is 4.72 Å². The molecule has 0 aromatic heterocycles. The first-order valence-electron chi connectivity index (χ1n) is 6.87. The van der Waals surface area contributed by atoms with Gasteiger partial charge in [0.25, 0.3) is 0 Å². The maximum Gasteiger partial charge on any atom is 0.214 e. The third kappa shape index (κ3) is 2.00. The van der Waals surface area contributed by atoms with Crippen molar-refractivity contribution >= 4 is 10.0 Å². The van der Waals surface area contributed by atoms with E-state index in [2.05, 4.69) is 4.72 Å². The minimum atomic E-state index is -3.19. The van der Waals surface area contributed by atoms with Crippen LogP contribution in [0.3, 0.4) is 0 Å². The fourth-order valence-corrected chi connectivity index (χ4v) is 6.03. The van der Waals surface area contributed by atoms with Crippen molar-refractivity contribution in [3.63, 3.8) is 0 Å². The summed E-state index contributed by atoms with van der Waals surface area (Å²) in [5.41, 5.74) is 5.82. The molecule has 0 unspecified atom stereocenters. The van der Waals surface area contributed by atoms with Crippen molar-refractivity contribution in [2.24, 2.45) is 16.6 Å². The lowest BCUT2D eigenvalue weighted by atomic mass is 9.49. The molecule has 0 bridgehead atoms. The van der Waals surface area contributed by atoms with Crippen LogP contribution in [0.1, 0.15) is 53.4 Å².